The fourth-order valence-corrected chi connectivity index (χ4v) is 3.68. The molecule has 0 unspecified atom stereocenters. The molecule has 3 aromatic rings. The highest BCUT2D eigenvalue weighted by Crippen LogP contribution is 2.31. The van der Waals surface area contributed by atoms with E-state index in [4.69, 9.17) is 16.3 Å². The molecule has 0 saturated carbocycles. The molecule has 1 fully saturated rings. The van der Waals surface area contributed by atoms with E-state index in [1.54, 1.807) is 30.2 Å². The Labute approximate surface area is 188 Å². The van der Waals surface area contributed by atoms with Crippen molar-refractivity contribution in [3.05, 3.63) is 57.6 Å². The van der Waals surface area contributed by atoms with Gasteiger partial charge in [-0.15, -0.1) is 10.2 Å². The summed E-state index contributed by atoms with van der Waals surface area (Å²) >= 11 is 5.90. The minimum absolute atomic E-state index is 0.0436. The minimum Gasteiger partial charge on any atom is -0.497 e. The van der Waals surface area contributed by atoms with E-state index in [2.05, 4.69) is 15.4 Å². The van der Waals surface area contributed by atoms with Gasteiger partial charge in [0.15, 0.2) is 0 Å². The van der Waals surface area contributed by atoms with Crippen LogP contribution in [0, 0.1) is 10.1 Å². The molecule has 0 aliphatic carbocycles. The summed E-state index contributed by atoms with van der Waals surface area (Å²) in [7, 11) is 1.58. The van der Waals surface area contributed by atoms with E-state index in [0.29, 0.717) is 48.5 Å². The molecule has 11 nitrogen and oxygen atoms in total. The van der Waals surface area contributed by atoms with Crippen molar-refractivity contribution in [2.75, 3.05) is 38.2 Å². The zero-order chi connectivity index (χ0) is 22.7. The molecule has 2 aromatic carbocycles. The molecule has 1 amide bonds. The molecular formula is C20H20ClN7O4. The number of aromatic nitrogens is 4. The number of carbonyl (C=O) groups excluding carboxylic acids is 1. The van der Waals surface area contributed by atoms with Gasteiger partial charge in [0.1, 0.15) is 18.0 Å². The summed E-state index contributed by atoms with van der Waals surface area (Å²) in [6.07, 6.45) is 0. The molecule has 1 aliphatic rings. The number of nitro groups is 1. The zero-order valence-corrected chi connectivity index (χ0v) is 18.0. The van der Waals surface area contributed by atoms with Crippen LogP contribution >= 0.6 is 11.6 Å². The van der Waals surface area contributed by atoms with Crippen LogP contribution in [0.15, 0.2) is 42.5 Å². The number of hydrogen-bond donors (Lipinski definition) is 0. The van der Waals surface area contributed by atoms with Crippen molar-refractivity contribution in [3.63, 3.8) is 0 Å². The van der Waals surface area contributed by atoms with E-state index in [9.17, 15) is 14.9 Å². The maximum Gasteiger partial charge on any atom is 0.294 e. The summed E-state index contributed by atoms with van der Waals surface area (Å²) in [6.45, 7) is 1.74. The number of piperazine rings is 1. The first-order valence-electron chi connectivity index (χ1n) is 9.83. The summed E-state index contributed by atoms with van der Waals surface area (Å²) in [5, 5.41) is 23.9. The fraction of sp³-hybridized carbons (Fsp3) is 0.300. The third-order valence-electron chi connectivity index (χ3n) is 5.16. The summed E-state index contributed by atoms with van der Waals surface area (Å²) in [5.74, 6) is 0.926. The molecule has 1 aliphatic heterocycles. The number of hydrogen-bond acceptors (Lipinski definition) is 8. The normalized spacial score (nSPS) is 13.8. The van der Waals surface area contributed by atoms with Gasteiger partial charge in [0.05, 0.1) is 12.0 Å². The number of methoxy groups -OCH3 is 1. The highest BCUT2D eigenvalue weighted by Gasteiger charge is 2.26. The van der Waals surface area contributed by atoms with Gasteiger partial charge in [-0.1, -0.05) is 23.7 Å². The van der Waals surface area contributed by atoms with Gasteiger partial charge in [0, 0.05) is 42.8 Å². The van der Waals surface area contributed by atoms with Crippen molar-refractivity contribution in [1.82, 2.24) is 25.1 Å². The van der Waals surface area contributed by atoms with Crippen LogP contribution in [0.25, 0.3) is 11.4 Å². The van der Waals surface area contributed by atoms with Crippen LogP contribution in [0.5, 0.6) is 5.75 Å². The van der Waals surface area contributed by atoms with Gasteiger partial charge in [0.25, 0.3) is 5.69 Å². The van der Waals surface area contributed by atoms with Gasteiger partial charge >= 0.3 is 0 Å². The third-order valence-corrected chi connectivity index (χ3v) is 5.40. The van der Waals surface area contributed by atoms with Crippen LogP contribution in [0.2, 0.25) is 5.02 Å². The number of rotatable bonds is 6. The quantitative estimate of drug-likeness (QED) is 0.408. The average Bonchev–Trinajstić information content (AvgIpc) is 3.27. The second-order valence-electron chi connectivity index (χ2n) is 7.13. The summed E-state index contributed by atoms with van der Waals surface area (Å²) in [6, 6.07) is 11.9. The Morgan fingerprint density at radius 1 is 1.19 bits per heavy atom. The molecule has 1 aromatic heterocycles. The van der Waals surface area contributed by atoms with Gasteiger partial charge < -0.3 is 14.5 Å². The highest BCUT2D eigenvalue weighted by molar-refractivity contribution is 6.30. The second-order valence-corrected chi connectivity index (χ2v) is 7.57. The number of amides is 1. The summed E-state index contributed by atoms with van der Waals surface area (Å²) in [5.41, 5.74) is 1.18. The molecule has 1 saturated heterocycles. The Bertz CT molecular complexity index is 1140. The van der Waals surface area contributed by atoms with Gasteiger partial charge in [-0.05, 0) is 29.5 Å². The minimum atomic E-state index is -0.449. The lowest BCUT2D eigenvalue weighted by Crippen LogP contribution is -2.49. The van der Waals surface area contributed by atoms with Crippen LogP contribution in [-0.2, 0) is 11.3 Å². The molecule has 0 spiro atoms. The SMILES string of the molecule is COc1cccc(-c2nnn(CC(=O)N3CCN(c4ccc(Cl)cc4[N+](=O)[O-])CC3)n2)c1. The number of carbonyl (C=O) groups is 1. The number of nitrogens with zero attached hydrogens (tertiary/aromatic N) is 7. The molecular weight excluding hydrogens is 438 g/mol. The van der Waals surface area contributed by atoms with Crippen molar-refractivity contribution < 1.29 is 14.5 Å². The lowest BCUT2D eigenvalue weighted by atomic mass is 10.2. The van der Waals surface area contributed by atoms with Crippen molar-refractivity contribution in [3.8, 4) is 17.1 Å². The molecule has 166 valence electrons. The molecule has 32 heavy (non-hydrogen) atoms. The van der Waals surface area contributed by atoms with Crippen LogP contribution in [0.1, 0.15) is 0 Å². The van der Waals surface area contributed by atoms with E-state index in [-0.39, 0.29) is 18.1 Å². The lowest BCUT2D eigenvalue weighted by Gasteiger charge is -2.35. The number of ether oxygens (including phenoxy) is 1. The van der Waals surface area contributed by atoms with Gasteiger partial charge in [-0.2, -0.15) is 4.80 Å². The van der Waals surface area contributed by atoms with Gasteiger partial charge in [-0.25, -0.2) is 0 Å². The Kier molecular flexibility index (Phi) is 6.17. The highest BCUT2D eigenvalue weighted by atomic mass is 35.5. The Balaban J connectivity index is 1.38. The molecule has 4 rings (SSSR count). The zero-order valence-electron chi connectivity index (χ0n) is 17.2. The van der Waals surface area contributed by atoms with Gasteiger partial charge in [-0.3, -0.25) is 14.9 Å². The standard InChI is InChI=1S/C20H20ClN7O4/c1-32-16-4-2-3-14(11-16)20-22-24-27(23-20)13-19(29)26-9-7-25(8-10-26)17-6-5-15(21)12-18(17)28(30)31/h2-6,11-12H,7-10,13H2,1H3. The van der Waals surface area contributed by atoms with Gasteiger partial charge in [0.2, 0.25) is 11.7 Å². The van der Waals surface area contributed by atoms with E-state index < -0.39 is 4.92 Å². The Morgan fingerprint density at radius 3 is 2.69 bits per heavy atom. The maximum absolute atomic E-state index is 12.7. The van der Waals surface area contributed by atoms with E-state index >= 15 is 0 Å². The first-order valence-corrected chi connectivity index (χ1v) is 10.2. The molecule has 0 radical (unpaired) electrons. The van der Waals surface area contributed by atoms with Crippen LogP contribution in [-0.4, -0.2) is 69.2 Å². The molecule has 12 heteroatoms. The lowest BCUT2D eigenvalue weighted by molar-refractivity contribution is -0.384. The number of tetrazole rings is 1. The number of nitro benzene ring substituents is 1. The van der Waals surface area contributed by atoms with Crippen molar-refractivity contribution in [2.24, 2.45) is 0 Å². The average molecular weight is 458 g/mol. The van der Waals surface area contributed by atoms with Crippen LogP contribution in [0.4, 0.5) is 11.4 Å². The predicted octanol–water partition coefficient (Wildman–Crippen LogP) is 2.26. The molecule has 0 atom stereocenters. The summed E-state index contributed by atoms with van der Waals surface area (Å²) < 4.78 is 5.20. The van der Waals surface area contributed by atoms with Crippen molar-refractivity contribution in [2.45, 2.75) is 6.54 Å². The number of anilines is 1. The smallest absolute Gasteiger partial charge is 0.294 e. The molecule has 0 N–H and O–H groups in total. The topological polar surface area (TPSA) is 120 Å². The molecule has 0 bridgehead atoms. The van der Waals surface area contributed by atoms with Crippen LogP contribution in [0.3, 0.4) is 0 Å². The Morgan fingerprint density at radius 2 is 1.97 bits per heavy atom. The first-order chi connectivity index (χ1) is 15.4. The van der Waals surface area contributed by atoms with E-state index in [1.807, 2.05) is 23.1 Å². The second kappa shape index (κ2) is 9.18. The number of benzene rings is 2. The maximum atomic E-state index is 12.7. The van der Waals surface area contributed by atoms with Crippen molar-refractivity contribution in [1.29, 1.82) is 0 Å². The first kappa shape index (κ1) is 21.5. The van der Waals surface area contributed by atoms with E-state index in [1.165, 1.54) is 10.9 Å². The number of halogens is 1. The Hall–Kier alpha value is -3.73. The fourth-order valence-electron chi connectivity index (χ4n) is 3.52. The monoisotopic (exact) mass is 457 g/mol. The largest absolute Gasteiger partial charge is 0.497 e. The van der Waals surface area contributed by atoms with Crippen molar-refractivity contribution >= 4 is 28.9 Å². The van der Waals surface area contributed by atoms with E-state index in [0.717, 1.165) is 5.56 Å². The molecule has 2 heterocycles. The predicted molar refractivity (Wildman–Crippen MR) is 117 cm³/mol. The van der Waals surface area contributed by atoms with Crippen LogP contribution < -0.4 is 9.64 Å². The summed E-state index contributed by atoms with van der Waals surface area (Å²) in [4.78, 5) is 28.4. The third kappa shape index (κ3) is 4.62.